The highest BCUT2D eigenvalue weighted by molar-refractivity contribution is 6.22. The minimum atomic E-state index is -1.14. The van der Waals surface area contributed by atoms with Crippen molar-refractivity contribution in [3.63, 3.8) is 0 Å². The molecule has 3 atom stereocenters. The second-order valence-electron chi connectivity index (χ2n) is 5.06. The second kappa shape index (κ2) is 4.55. The molecule has 1 aromatic rings. The van der Waals surface area contributed by atoms with Crippen LogP contribution in [0, 0.1) is 0 Å². The zero-order valence-electron chi connectivity index (χ0n) is 10.6. The van der Waals surface area contributed by atoms with Gasteiger partial charge in [0.05, 0.1) is 17.2 Å². The lowest BCUT2D eigenvalue weighted by Crippen LogP contribution is -2.58. The summed E-state index contributed by atoms with van der Waals surface area (Å²) in [5.41, 5.74) is 6.59. The van der Waals surface area contributed by atoms with Gasteiger partial charge in [0, 0.05) is 5.69 Å². The quantitative estimate of drug-likeness (QED) is 0.396. The number of anilines is 1. The summed E-state index contributed by atoms with van der Waals surface area (Å²) in [4.78, 5) is 25.7. The van der Waals surface area contributed by atoms with Gasteiger partial charge in [-0.05, 0) is 31.0 Å². The Morgan fingerprint density at radius 2 is 1.85 bits per heavy atom. The van der Waals surface area contributed by atoms with E-state index in [1.54, 1.807) is 6.07 Å². The highest BCUT2D eigenvalue weighted by atomic mass is 16.3. The predicted molar refractivity (Wildman–Crippen MR) is 69.5 cm³/mol. The summed E-state index contributed by atoms with van der Waals surface area (Å²) in [7, 11) is 0. The summed E-state index contributed by atoms with van der Waals surface area (Å²) in [6.07, 6.45) is -1.27. The van der Waals surface area contributed by atoms with Gasteiger partial charge in [-0.25, -0.2) is 0 Å². The van der Waals surface area contributed by atoms with Crippen LogP contribution < -0.4 is 11.1 Å². The first-order chi connectivity index (χ1) is 9.49. The van der Waals surface area contributed by atoms with E-state index in [1.165, 1.54) is 12.1 Å². The van der Waals surface area contributed by atoms with Crippen LogP contribution in [-0.2, 0) is 0 Å². The molecule has 2 aliphatic heterocycles. The fourth-order valence-corrected chi connectivity index (χ4v) is 2.73. The van der Waals surface area contributed by atoms with Crippen molar-refractivity contribution in [1.82, 2.24) is 10.2 Å². The van der Waals surface area contributed by atoms with Gasteiger partial charge >= 0.3 is 0 Å². The number of piperidine rings is 1. The zero-order chi connectivity index (χ0) is 14.4. The van der Waals surface area contributed by atoms with Crippen LogP contribution >= 0.6 is 0 Å². The van der Waals surface area contributed by atoms with Gasteiger partial charge in [-0.3, -0.25) is 19.8 Å². The molecule has 0 radical (unpaired) electrons. The lowest BCUT2D eigenvalue weighted by atomic mass is 10.0. The van der Waals surface area contributed by atoms with E-state index >= 15 is 0 Å². The summed E-state index contributed by atoms with van der Waals surface area (Å²) >= 11 is 0. The number of aliphatic hydroxyl groups is 2. The maximum atomic E-state index is 12.3. The number of imide groups is 1. The fourth-order valence-electron chi connectivity index (χ4n) is 2.73. The molecule has 106 valence electrons. The van der Waals surface area contributed by atoms with Crippen LogP contribution in [0.25, 0.3) is 0 Å². The summed E-state index contributed by atoms with van der Waals surface area (Å²) in [5, 5.41) is 21.9. The zero-order valence-corrected chi connectivity index (χ0v) is 10.6. The van der Waals surface area contributed by atoms with Crippen LogP contribution in [0.3, 0.4) is 0 Å². The van der Waals surface area contributed by atoms with E-state index in [0.717, 1.165) is 4.90 Å². The Hall–Kier alpha value is -1.96. The largest absolute Gasteiger partial charge is 0.399 e. The van der Waals surface area contributed by atoms with E-state index in [0.29, 0.717) is 24.1 Å². The Bertz CT molecular complexity index is 589. The Balaban J connectivity index is 1.93. The van der Waals surface area contributed by atoms with Crippen molar-refractivity contribution >= 4 is 17.5 Å². The molecule has 0 bridgehead atoms. The molecule has 7 nitrogen and oxygen atoms in total. The first kappa shape index (κ1) is 13.0. The molecule has 2 amide bonds. The van der Waals surface area contributed by atoms with Gasteiger partial charge in [0.1, 0.15) is 12.5 Å². The summed E-state index contributed by atoms with van der Waals surface area (Å²) in [5.74, 6) is -0.897. The van der Waals surface area contributed by atoms with E-state index in [9.17, 15) is 19.8 Å². The third-order valence-corrected chi connectivity index (χ3v) is 3.74. The SMILES string of the molecule is Nc1ccc2c(c1)C(=O)N(C1CCC(O)NC1O)C2=O. The van der Waals surface area contributed by atoms with Crippen LogP contribution in [0.2, 0.25) is 0 Å². The Labute approximate surface area is 115 Å². The molecule has 2 heterocycles. The molecule has 0 aliphatic carbocycles. The number of nitrogens with two attached hydrogens (primary N) is 1. The topological polar surface area (TPSA) is 116 Å². The first-order valence-electron chi connectivity index (χ1n) is 6.38. The average Bonchev–Trinajstić information content (AvgIpc) is 2.63. The Morgan fingerprint density at radius 1 is 1.15 bits per heavy atom. The molecule has 0 saturated carbocycles. The van der Waals surface area contributed by atoms with Crippen molar-refractivity contribution in [3.8, 4) is 0 Å². The van der Waals surface area contributed by atoms with Gasteiger partial charge in [-0.1, -0.05) is 0 Å². The average molecular weight is 277 g/mol. The molecular formula is C13H15N3O4. The fraction of sp³-hybridized carbons (Fsp3) is 0.385. The maximum Gasteiger partial charge on any atom is 0.262 e. The number of hydrogen-bond donors (Lipinski definition) is 4. The first-order valence-corrected chi connectivity index (χ1v) is 6.38. The Morgan fingerprint density at radius 3 is 2.55 bits per heavy atom. The highest BCUT2D eigenvalue weighted by Crippen LogP contribution is 2.29. The normalized spacial score (nSPS) is 29.7. The molecule has 3 unspecified atom stereocenters. The number of nitrogens with one attached hydrogen (secondary N) is 1. The number of nitrogen functional groups attached to an aromatic ring is 1. The van der Waals surface area contributed by atoms with Crippen LogP contribution in [0.15, 0.2) is 18.2 Å². The molecule has 7 heteroatoms. The van der Waals surface area contributed by atoms with Crippen LogP contribution in [0.4, 0.5) is 5.69 Å². The van der Waals surface area contributed by atoms with E-state index in [1.807, 2.05) is 0 Å². The minimum absolute atomic E-state index is 0.258. The van der Waals surface area contributed by atoms with Gasteiger partial charge in [-0.2, -0.15) is 0 Å². The van der Waals surface area contributed by atoms with Gasteiger partial charge in [-0.15, -0.1) is 0 Å². The van der Waals surface area contributed by atoms with Crippen molar-refractivity contribution in [3.05, 3.63) is 29.3 Å². The Kier molecular flexibility index (Phi) is 2.97. The van der Waals surface area contributed by atoms with Crippen molar-refractivity contribution in [1.29, 1.82) is 0 Å². The van der Waals surface area contributed by atoms with Gasteiger partial charge in [0.15, 0.2) is 0 Å². The second-order valence-corrected chi connectivity index (χ2v) is 5.06. The number of carbonyl (C=O) groups excluding carboxylic acids is 2. The van der Waals surface area contributed by atoms with E-state index < -0.39 is 30.3 Å². The minimum Gasteiger partial charge on any atom is -0.399 e. The number of carbonyl (C=O) groups is 2. The van der Waals surface area contributed by atoms with Crippen molar-refractivity contribution in [2.45, 2.75) is 31.3 Å². The molecule has 0 aromatic heterocycles. The van der Waals surface area contributed by atoms with Crippen molar-refractivity contribution in [2.24, 2.45) is 0 Å². The number of nitrogens with zero attached hydrogens (tertiary/aromatic N) is 1. The molecule has 1 saturated heterocycles. The molecule has 20 heavy (non-hydrogen) atoms. The number of amides is 2. The van der Waals surface area contributed by atoms with E-state index in [4.69, 9.17) is 5.73 Å². The van der Waals surface area contributed by atoms with Gasteiger partial charge in [0.2, 0.25) is 0 Å². The smallest absolute Gasteiger partial charge is 0.262 e. The molecule has 3 rings (SSSR count). The summed E-state index contributed by atoms with van der Waals surface area (Å²) < 4.78 is 0. The lowest BCUT2D eigenvalue weighted by molar-refractivity contribution is -0.0413. The third-order valence-electron chi connectivity index (χ3n) is 3.74. The number of benzene rings is 1. The summed E-state index contributed by atoms with van der Waals surface area (Å²) in [6, 6.07) is 3.86. The van der Waals surface area contributed by atoms with Gasteiger partial charge in [0.25, 0.3) is 11.8 Å². The number of hydrogen-bond acceptors (Lipinski definition) is 6. The van der Waals surface area contributed by atoms with Crippen LogP contribution in [0.1, 0.15) is 33.6 Å². The van der Waals surface area contributed by atoms with Gasteiger partial charge < -0.3 is 15.9 Å². The highest BCUT2D eigenvalue weighted by Gasteiger charge is 2.44. The molecule has 2 aliphatic rings. The predicted octanol–water partition coefficient (Wildman–Crippen LogP) is -0.746. The molecule has 1 aromatic carbocycles. The monoisotopic (exact) mass is 277 g/mol. The molecule has 5 N–H and O–H groups in total. The van der Waals surface area contributed by atoms with Crippen molar-refractivity contribution in [2.75, 3.05) is 5.73 Å². The van der Waals surface area contributed by atoms with Crippen molar-refractivity contribution < 1.29 is 19.8 Å². The molecule has 0 spiro atoms. The summed E-state index contributed by atoms with van der Waals surface area (Å²) in [6.45, 7) is 0. The van der Waals surface area contributed by atoms with E-state index in [2.05, 4.69) is 5.32 Å². The third kappa shape index (κ3) is 1.87. The molecule has 1 fully saturated rings. The molecular weight excluding hydrogens is 262 g/mol. The maximum absolute atomic E-state index is 12.3. The van der Waals surface area contributed by atoms with Crippen LogP contribution in [0.5, 0.6) is 0 Å². The van der Waals surface area contributed by atoms with E-state index in [-0.39, 0.29) is 5.56 Å². The number of rotatable bonds is 1. The standard InChI is InChI=1S/C13H15N3O4/c14-6-1-2-7-8(5-6)13(20)16(12(7)19)9-3-4-10(17)15-11(9)18/h1-2,5,9-11,15,17-18H,3-4,14H2. The number of aliphatic hydroxyl groups excluding tert-OH is 2. The van der Waals surface area contributed by atoms with Crippen LogP contribution in [-0.4, -0.2) is 45.4 Å². The number of fused-ring (bicyclic) bond motifs is 1. The lowest BCUT2D eigenvalue weighted by Gasteiger charge is -2.36.